The van der Waals surface area contributed by atoms with Crippen LogP contribution in [-0.4, -0.2) is 11.7 Å². The van der Waals surface area contributed by atoms with Gasteiger partial charge in [0.15, 0.2) is 5.11 Å². The summed E-state index contributed by atoms with van der Waals surface area (Å²) < 4.78 is 5.86. The minimum absolute atomic E-state index is 0.553. The van der Waals surface area contributed by atoms with E-state index in [0.29, 0.717) is 11.7 Å². The lowest BCUT2D eigenvalue weighted by molar-refractivity contribution is 0.311. The summed E-state index contributed by atoms with van der Waals surface area (Å²) in [6.07, 6.45) is 2.00. The smallest absolute Gasteiger partial charge is 0.175 e. The third-order valence-electron chi connectivity index (χ3n) is 3.84. The summed E-state index contributed by atoms with van der Waals surface area (Å²) in [4.78, 5) is 0. The molecule has 26 heavy (non-hydrogen) atoms. The molecule has 0 bridgehead atoms. The molecule has 3 aromatic carbocycles. The van der Waals surface area contributed by atoms with Crippen LogP contribution >= 0.6 is 12.2 Å². The van der Waals surface area contributed by atoms with Crippen LogP contribution in [0.15, 0.2) is 84.9 Å². The molecule has 2 N–H and O–H groups in total. The van der Waals surface area contributed by atoms with Gasteiger partial charge in [-0.05, 0) is 54.9 Å². The molecule has 0 aliphatic rings. The number of hydrogen-bond donors (Lipinski definition) is 2. The van der Waals surface area contributed by atoms with Gasteiger partial charge in [0, 0.05) is 17.4 Å². The van der Waals surface area contributed by atoms with Crippen molar-refractivity contribution in [1.29, 1.82) is 0 Å². The van der Waals surface area contributed by atoms with Gasteiger partial charge in [-0.25, -0.2) is 0 Å². The van der Waals surface area contributed by atoms with E-state index in [4.69, 9.17) is 17.0 Å². The molecule has 0 atom stereocenters. The minimum atomic E-state index is 0.553. The fourth-order valence-corrected chi connectivity index (χ4v) is 2.83. The predicted octanol–water partition coefficient (Wildman–Crippen LogP) is 5.51. The molecule has 0 spiro atoms. The van der Waals surface area contributed by atoms with E-state index in [0.717, 1.165) is 30.0 Å². The molecule has 0 saturated heterocycles. The Kier molecular flexibility index (Phi) is 6.62. The van der Waals surface area contributed by atoms with E-state index in [1.54, 1.807) is 0 Å². The Morgan fingerprint density at radius 3 is 2.19 bits per heavy atom. The monoisotopic (exact) mass is 362 g/mol. The molecular formula is C22H22N2OS. The van der Waals surface area contributed by atoms with E-state index in [2.05, 4.69) is 34.9 Å². The van der Waals surface area contributed by atoms with Crippen LogP contribution in [0.25, 0.3) is 0 Å². The van der Waals surface area contributed by atoms with E-state index in [-0.39, 0.29) is 0 Å². The van der Waals surface area contributed by atoms with E-state index >= 15 is 0 Å². The van der Waals surface area contributed by atoms with Gasteiger partial charge in [-0.15, -0.1) is 0 Å². The average Bonchev–Trinajstić information content (AvgIpc) is 2.67. The lowest BCUT2D eigenvalue weighted by Gasteiger charge is -2.12. The van der Waals surface area contributed by atoms with Gasteiger partial charge in [-0.3, -0.25) is 0 Å². The number of aryl methyl sites for hydroxylation is 1. The van der Waals surface area contributed by atoms with Gasteiger partial charge in [0.05, 0.1) is 6.61 Å². The third-order valence-corrected chi connectivity index (χ3v) is 4.05. The Bertz CT molecular complexity index is 822. The first-order chi connectivity index (χ1) is 12.8. The number of nitrogens with one attached hydrogen (secondary N) is 2. The number of ether oxygens (including phenoxy) is 1. The number of rotatable bonds is 7. The maximum Gasteiger partial charge on any atom is 0.175 e. The SMILES string of the molecule is S=C(Nc1ccccc1)Nc1cccc(OCCCc2ccccc2)c1. The predicted molar refractivity (Wildman–Crippen MR) is 113 cm³/mol. The van der Waals surface area contributed by atoms with Gasteiger partial charge in [-0.1, -0.05) is 54.6 Å². The molecule has 0 heterocycles. The minimum Gasteiger partial charge on any atom is -0.494 e. The zero-order chi connectivity index (χ0) is 18.0. The number of hydrogen-bond acceptors (Lipinski definition) is 2. The summed E-state index contributed by atoms with van der Waals surface area (Å²) in [6.45, 7) is 0.686. The molecule has 0 unspecified atom stereocenters. The summed E-state index contributed by atoms with van der Waals surface area (Å²) >= 11 is 5.36. The van der Waals surface area contributed by atoms with Crippen LogP contribution in [0.4, 0.5) is 11.4 Å². The highest BCUT2D eigenvalue weighted by molar-refractivity contribution is 7.80. The van der Waals surface area contributed by atoms with E-state index < -0.39 is 0 Å². The van der Waals surface area contributed by atoms with Crippen molar-refractivity contribution in [3.8, 4) is 5.75 Å². The zero-order valence-corrected chi connectivity index (χ0v) is 15.3. The molecule has 0 aromatic heterocycles. The van der Waals surface area contributed by atoms with Gasteiger partial charge in [0.25, 0.3) is 0 Å². The van der Waals surface area contributed by atoms with Crippen molar-refractivity contribution in [2.75, 3.05) is 17.2 Å². The fourth-order valence-electron chi connectivity index (χ4n) is 2.59. The highest BCUT2D eigenvalue weighted by atomic mass is 32.1. The molecule has 0 saturated carbocycles. The molecule has 132 valence electrons. The number of anilines is 2. The molecule has 3 aromatic rings. The number of benzene rings is 3. The van der Waals surface area contributed by atoms with Crippen molar-refractivity contribution in [3.63, 3.8) is 0 Å². The summed E-state index contributed by atoms with van der Waals surface area (Å²) in [7, 11) is 0. The summed E-state index contributed by atoms with van der Waals surface area (Å²) in [5.74, 6) is 0.838. The number of thiocarbonyl (C=S) groups is 1. The zero-order valence-electron chi connectivity index (χ0n) is 14.5. The second kappa shape index (κ2) is 9.59. The molecule has 0 amide bonds. The number of para-hydroxylation sites is 1. The quantitative estimate of drug-likeness (QED) is 0.429. The first kappa shape index (κ1) is 18.0. The highest BCUT2D eigenvalue weighted by Crippen LogP contribution is 2.18. The first-order valence-corrected chi connectivity index (χ1v) is 9.10. The van der Waals surface area contributed by atoms with Gasteiger partial charge < -0.3 is 15.4 Å². The Morgan fingerprint density at radius 2 is 1.42 bits per heavy atom. The molecule has 3 nitrogen and oxygen atoms in total. The van der Waals surface area contributed by atoms with E-state index in [9.17, 15) is 0 Å². The van der Waals surface area contributed by atoms with Crippen LogP contribution in [0, 0.1) is 0 Å². The fraction of sp³-hybridized carbons (Fsp3) is 0.136. The molecule has 0 aliphatic carbocycles. The van der Waals surface area contributed by atoms with E-state index in [1.165, 1.54) is 5.56 Å². The Morgan fingerprint density at radius 1 is 0.769 bits per heavy atom. The largest absolute Gasteiger partial charge is 0.494 e. The van der Waals surface area contributed by atoms with Gasteiger partial charge >= 0.3 is 0 Å². The van der Waals surface area contributed by atoms with Gasteiger partial charge in [0.1, 0.15) is 5.75 Å². The molecule has 0 fully saturated rings. The van der Waals surface area contributed by atoms with Crippen LogP contribution in [0.2, 0.25) is 0 Å². The van der Waals surface area contributed by atoms with Crippen LogP contribution in [0.5, 0.6) is 5.75 Å². The van der Waals surface area contributed by atoms with Crippen molar-refractivity contribution in [2.24, 2.45) is 0 Å². The second-order valence-electron chi connectivity index (χ2n) is 5.91. The summed E-state index contributed by atoms with van der Waals surface area (Å²) in [6, 6.07) is 28.2. The van der Waals surface area contributed by atoms with Crippen LogP contribution in [-0.2, 0) is 6.42 Å². The van der Waals surface area contributed by atoms with Crippen LogP contribution in [0.3, 0.4) is 0 Å². The topological polar surface area (TPSA) is 33.3 Å². The lowest BCUT2D eigenvalue weighted by Crippen LogP contribution is -2.18. The molecule has 3 rings (SSSR count). The molecule has 0 radical (unpaired) electrons. The standard InChI is InChI=1S/C22H22N2OS/c26-22(23-19-12-5-2-6-13-19)24-20-14-7-15-21(17-20)25-16-8-11-18-9-3-1-4-10-18/h1-7,9-10,12-15,17H,8,11,16H2,(H2,23,24,26). The molecular weight excluding hydrogens is 340 g/mol. The summed E-state index contributed by atoms with van der Waals surface area (Å²) in [5.41, 5.74) is 3.20. The van der Waals surface area contributed by atoms with Crippen LogP contribution < -0.4 is 15.4 Å². The molecule has 4 heteroatoms. The average molecular weight is 362 g/mol. The first-order valence-electron chi connectivity index (χ1n) is 8.69. The second-order valence-corrected chi connectivity index (χ2v) is 6.32. The Hall–Kier alpha value is -2.85. The normalized spacial score (nSPS) is 10.2. The lowest BCUT2D eigenvalue weighted by atomic mass is 10.1. The highest BCUT2D eigenvalue weighted by Gasteiger charge is 2.01. The van der Waals surface area contributed by atoms with Crippen molar-refractivity contribution in [2.45, 2.75) is 12.8 Å². The third kappa shape index (κ3) is 5.90. The Balaban J connectivity index is 1.46. The maximum atomic E-state index is 5.86. The maximum absolute atomic E-state index is 5.86. The van der Waals surface area contributed by atoms with Gasteiger partial charge in [0.2, 0.25) is 0 Å². The Labute approximate surface area is 160 Å². The van der Waals surface area contributed by atoms with Crippen molar-refractivity contribution < 1.29 is 4.74 Å². The van der Waals surface area contributed by atoms with Gasteiger partial charge in [-0.2, -0.15) is 0 Å². The summed E-state index contributed by atoms with van der Waals surface area (Å²) in [5, 5.41) is 6.90. The van der Waals surface area contributed by atoms with Crippen molar-refractivity contribution >= 4 is 28.7 Å². The molecule has 0 aliphatic heterocycles. The van der Waals surface area contributed by atoms with Crippen molar-refractivity contribution in [1.82, 2.24) is 0 Å². The van der Waals surface area contributed by atoms with Crippen LogP contribution in [0.1, 0.15) is 12.0 Å². The van der Waals surface area contributed by atoms with Crippen molar-refractivity contribution in [3.05, 3.63) is 90.5 Å². The van der Waals surface area contributed by atoms with E-state index in [1.807, 2.05) is 60.7 Å².